The molecule has 204 valence electrons. The molecule has 0 saturated heterocycles. The number of carboxylic acids is 1. The SMILES string of the molecule is Cc1ccc(CC(=O)C2(c3ccc4c(c3)OCO4)CC2)cc1-c1ccc(S(=O)(=O)N[C@@H](CO)C(=O)O)cc1.[HH].[HH].[HH]. The number of Topliss-reactive ketones (excluding diaryl/α,β-unsaturated/α-hetero) is 1. The number of sulfonamides is 1. The van der Waals surface area contributed by atoms with Crippen LogP contribution < -0.4 is 14.2 Å². The van der Waals surface area contributed by atoms with Gasteiger partial charge >= 0.3 is 5.97 Å². The van der Waals surface area contributed by atoms with E-state index in [1.807, 2.05) is 48.0 Å². The molecule has 3 N–H and O–H groups in total. The lowest BCUT2D eigenvalue weighted by molar-refractivity contribution is -0.139. The summed E-state index contributed by atoms with van der Waals surface area (Å²) in [5, 5.41) is 18.2. The number of hydrogen-bond acceptors (Lipinski definition) is 7. The molecule has 2 aliphatic rings. The van der Waals surface area contributed by atoms with Gasteiger partial charge < -0.3 is 19.7 Å². The van der Waals surface area contributed by atoms with E-state index in [1.54, 1.807) is 12.1 Å². The highest BCUT2D eigenvalue weighted by atomic mass is 32.2. The predicted molar refractivity (Wildman–Crippen MR) is 144 cm³/mol. The van der Waals surface area contributed by atoms with Crippen LogP contribution in [-0.2, 0) is 31.4 Å². The Kier molecular flexibility index (Phi) is 6.72. The first-order chi connectivity index (χ1) is 18.1. The first kappa shape index (κ1) is 25.9. The molecular formula is C28H33NO8S. The van der Waals surface area contributed by atoms with Gasteiger partial charge in [-0.3, -0.25) is 9.59 Å². The topological polar surface area (TPSA) is 139 Å². The van der Waals surface area contributed by atoms with Gasteiger partial charge in [0, 0.05) is 10.7 Å². The number of carbonyl (C=O) groups is 2. The minimum absolute atomic E-state index is 0. The Morgan fingerprint density at radius 3 is 2.39 bits per heavy atom. The van der Waals surface area contributed by atoms with Crippen LogP contribution in [0.4, 0.5) is 0 Å². The van der Waals surface area contributed by atoms with E-state index in [0.717, 1.165) is 40.7 Å². The van der Waals surface area contributed by atoms with Crippen molar-refractivity contribution >= 4 is 21.8 Å². The summed E-state index contributed by atoms with van der Waals surface area (Å²) in [4.78, 5) is 24.4. The number of hydrogen-bond donors (Lipinski definition) is 3. The van der Waals surface area contributed by atoms with Crippen LogP contribution in [0, 0.1) is 6.92 Å². The largest absolute Gasteiger partial charge is 0.480 e. The highest BCUT2D eigenvalue weighted by Crippen LogP contribution is 2.51. The van der Waals surface area contributed by atoms with Crippen molar-refractivity contribution in [3.8, 4) is 22.6 Å². The molecule has 0 aromatic heterocycles. The van der Waals surface area contributed by atoms with Gasteiger partial charge in [-0.1, -0.05) is 36.4 Å². The van der Waals surface area contributed by atoms with E-state index < -0.39 is 34.1 Å². The minimum atomic E-state index is -4.14. The Morgan fingerprint density at radius 2 is 1.74 bits per heavy atom. The highest BCUT2D eigenvalue weighted by molar-refractivity contribution is 7.89. The molecular weight excluding hydrogens is 510 g/mol. The Labute approximate surface area is 224 Å². The number of ether oxygens (including phenoxy) is 2. The molecule has 10 heteroatoms. The smallest absolute Gasteiger partial charge is 0.324 e. The second-order valence-corrected chi connectivity index (χ2v) is 11.3. The van der Waals surface area contributed by atoms with Crippen molar-refractivity contribution in [3.63, 3.8) is 0 Å². The summed E-state index contributed by atoms with van der Waals surface area (Å²) in [7, 11) is -4.14. The van der Waals surface area contributed by atoms with Crippen LogP contribution in [0.15, 0.2) is 65.6 Å². The maximum absolute atomic E-state index is 13.4. The molecule has 0 spiro atoms. The monoisotopic (exact) mass is 543 g/mol. The van der Waals surface area contributed by atoms with Crippen LogP contribution in [0.1, 0.15) is 33.8 Å². The lowest BCUT2D eigenvalue weighted by Crippen LogP contribution is -2.43. The van der Waals surface area contributed by atoms with Gasteiger partial charge in [0.2, 0.25) is 16.8 Å². The first-order valence-electron chi connectivity index (χ1n) is 12.1. The molecule has 3 aromatic rings. The summed E-state index contributed by atoms with van der Waals surface area (Å²) < 4.78 is 37.9. The van der Waals surface area contributed by atoms with Crippen LogP contribution in [0.3, 0.4) is 0 Å². The van der Waals surface area contributed by atoms with Crippen LogP contribution in [-0.4, -0.2) is 49.8 Å². The third-order valence-electron chi connectivity index (χ3n) is 7.13. The van der Waals surface area contributed by atoms with Crippen molar-refractivity contribution < 1.29 is 42.0 Å². The number of ketones is 1. The summed E-state index contributed by atoms with van der Waals surface area (Å²) in [6, 6.07) is 15.9. The fourth-order valence-electron chi connectivity index (χ4n) is 4.73. The predicted octanol–water partition coefficient (Wildman–Crippen LogP) is 3.70. The maximum Gasteiger partial charge on any atom is 0.324 e. The zero-order chi connectivity index (χ0) is 27.1. The van der Waals surface area contributed by atoms with Gasteiger partial charge in [0.05, 0.1) is 16.9 Å². The number of rotatable bonds is 10. The quantitative estimate of drug-likeness (QED) is 0.352. The van der Waals surface area contributed by atoms with Crippen molar-refractivity contribution in [1.29, 1.82) is 0 Å². The molecule has 1 atom stereocenters. The summed E-state index contributed by atoms with van der Waals surface area (Å²) in [5.41, 5.74) is 3.85. The van der Waals surface area contributed by atoms with E-state index >= 15 is 0 Å². The summed E-state index contributed by atoms with van der Waals surface area (Å²) >= 11 is 0. The van der Waals surface area contributed by atoms with E-state index in [-0.39, 0.29) is 28.2 Å². The molecule has 1 aliphatic carbocycles. The average Bonchev–Trinajstić information content (AvgIpc) is 3.59. The molecule has 38 heavy (non-hydrogen) atoms. The molecule has 1 fully saturated rings. The molecule has 3 aromatic carbocycles. The van der Waals surface area contributed by atoms with Crippen molar-refractivity contribution in [3.05, 3.63) is 77.4 Å². The van der Waals surface area contributed by atoms with Gasteiger partial charge in [-0.25, -0.2) is 8.42 Å². The molecule has 1 saturated carbocycles. The Bertz CT molecular complexity index is 1530. The van der Waals surface area contributed by atoms with Gasteiger partial charge in [0.25, 0.3) is 0 Å². The van der Waals surface area contributed by atoms with Crippen LogP contribution in [0.25, 0.3) is 11.1 Å². The molecule has 0 bridgehead atoms. The summed E-state index contributed by atoms with van der Waals surface area (Å²) in [6.45, 7) is 1.25. The van der Waals surface area contributed by atoms with Crippen LogP contribution in [0.2, 0.25) is 0 Å². The lowest BCUT2D eigenvalue weighted by atomic mass is 9.87. The number of nitrogens with one attached hydrogen (secondary N) is 1. The Morgan fingerprint density at radius 1 is 1.03 bits per heavy atom. The number of fused-ring (bicyclic) bond motifs is 1. The molecule has 0 amide bonds. The van der Waals surface area contributed by atoms with Crippen molar-refractivity contribution in [2.24, 2.45) is 0 Å². The van der Waals surface area contributed by atoms with Crippen molar-refractivity contribution in [1.82, 2.24) is 4.72 Å². The number of carbonyl (C=O) groups excluding carboxylic acids is 1. The first-order valence-corrected chi connectivity index (χ1v) is 13.6. The zero-order valence-electron chi connectivity index (χ0n) is 20.6. The molecule has 5 rings (SSSR count). The van der Waals surface area contributed by atoms with Gasteiger partial charge in [-0.15, -0.1) is 0 Å². The van der Waals surface area contributed by atoms with E-state index in [1.165, 1.54) is 12.1 Å². The van der Waals surface area contributed by atoms with Crippen molar-refractivity contribution in [2.75, 3.05) is 13.4 Å². The molecule has 1 aliphatic heterocycles. The van der Waals surface area contributed by atoms with Crippen LogP contribution in [0.5, 0.6) is 11.5 Å². The second-order valence-electron chi connectivity index (χ2n) is 9.62. The van der Waals surface area contributed by atoms with E-state index in [4.69, 9.17) is 19.7 Å². The molecule has 0 unspecified atom stereocenters. The molecule has 0 radical (unpaired) electrons. The average molecular weight is 544 g/mol. The van der Waals surface area contributed by atoms with Gasteiger partial charge in [0.15, 0.2) is 11.5 Å². The fourth-order valence-corrected chi connectivity index (χ4v) is 5.91. The van der Waals surface area contributed by atoms with Gasteiger partial charge in [0.1, 0.15) is 11.8 Å². The number of aliphatic hydroxyl groups excluding tert-OH is 1. The van der Waals surface area contributed by atoms with E-state index in [0.29, 0.717) is 11.5 Å². The number of benzene rings is 3. The lowest BCUT2D eigenvalue weighted by Gasteiger charge is -2.16. The number of carboxylic acid groups (broad SMARTS) is 1. The normalized spacial score (nSPS) is 16.2. The standard InChI is InChI=1S/C28H27NO8S.3H2/c1-17-2-3-18(13-26(31)28(10-11-28)20-6-9-24-25(14-20)37-16-36-24)12-22(17)19-4-7-21(8-5-19)38(34,35)29-23(15-30)27(32)33;;;/h2-9,12,14,23,29-30H,10-11,13,15-16H2,1H3,(H,32,33);3*1H/t23-;;;/m0.../s1. The Balaban J connectivity index is 0.00000196. The van der Waals surface area contributed by atoms with Gasteiger partial charge in [-0.05, 0) is 71.8 Å². The third-order valence-corrected chi connectivity index (χ3v) is 8.62. The zero-order valence-corrected chi connectivity index (χ0v) is 21.5. The molecule has 1 heterocycles. The highest BCUT2D eigenvalue weighted by Gasteiger charge is 2.50. The number of aryl methyl sites for hydroxylation is 1. The fraction of sp³-hybridized carbons (Fsp3) is 0.286. The van der Waals surface area contributed by atoms with Crippen LogP contribution >= 0.6 is 0 Å². The maximum atomic E-state index is 13.4. The summed E-state index contributed by atoms with van der Waals surface area (Å²) in [6.07, 6.45) is 1.83. The number of aliphatic carboxylic acids is 1. The summed E-state index contributed by atoms with van der Waals surface area (Å²) in [5.74, 6) is 0.0105. The van der Waals surface area contributed by atoms with Gasteiger partial charge in [-0.2, -0.15) is 4.72 Å². The van der Waals surface area contributed by atoms with E-state index in [2.05, 4.69) is 0 Å². The minimum Gasteiger partial charge on any atom is -0.480 e. The molecule has 9 nitrogen and oxygen atoms in total. The second kappa shape index (κ2) is 9.86. The third kappa shape index (κ3) is 4.90. The number of aliphatic hydroxyl groups is 1. The van der Waals surface area contributed by atoms with E-state index in [9.17, 15) is 18.0 Å². The van der Waals surface area contributed by atoms with Crippen molar-refractivity contribution in [2.45, 2.75) is 42.5 Å². The Hall–Kier alpha value is -3.73.